The fraction of sp³-hybridized carbons (Fsp3) is 0.100. The van der Waals surface area contributed by atoms with Gasteiger partial charge in [-0.3, -0.25) is 0 Å². The van der Waals surface area contributed by atoms with Crippen LogP contribution < -0.4 is 18.9 Å². The summed E-state index contributed by atoms with van der Waals surface area (Å²) in [5.41, 5.74) is 4.92. The second-order valence-electron chi connectivity index (χ2n) is 10.5. The Morgan fingerprint density at radius 3 is 0.932 bits per heavy atom. The molecule has 6 aromatic rings. The predicted molar refractivity (Wildman–Crippen MR) is 178 cm³/mol. The third kappa shape index (κ3) is 9.01. The minimum atomic E-state index is 0.790. The quantitative estimate of drug-likeness (QED) is 0.179. The van der Waals surface area contributed by atoms with E-state index >= 15 is 0 Å². The van der Waals surface area contributed by atoms with Gasteiger partial charge in [0.15, 0.2) is 0 Å². The van der Waals surface area contributed by atoms with E-state index in [0.717, 1.165) is 46.0 Å². The fourth-order valence-corrected chi connectivity index (χ4v) is 4.17. The molecule has 0 aliphatic rings. The second kappa shape index (κ2) is 14.6. The Hall–Kier alpha value is -5.48. The molecule has 0 aliphatic heterocycles. The summed E-state index contributed by atoms with van der Waals surface area (Å²) in [6.45, 7) is 8.29. The molecular weight excluding hydrogens is 544 g/mol. The van der Waals surface area contributed by atoms with Gasteiger partial charge in [0.1, 0.15) is 46.0 Å². The van der Waals surface area contributed by atoms with Crippen LogP contribution in [0.25, 0.3) is 0 Å². The molecule has 0 unspecified atom stereocenters. The lowest BCUT2D eigenvalue weighted by atomic mass is 10.1. The average molecular weight is 581 g/mol. The molecule has 0 bridgehead atoms. The van der Waals surface area contributed by atoms with Crippen molar-refractivity contribution in [3.8, 4) is 46.0 Å². The maximum Gasteiger partial charge on any atom is 0.127 e. The zero-order valence-electron chi connectivity index (χ0n) is 25.5. The van der Waals surface area contributed by atoms with Crippen LogP contribution in [-0.2, 0) is 0 Å². The van der Waals surface area contributed by atoms with E-state index in [-0.39, 0.29) is 0 Å². The van der Waals surface area contributed by atoms with Gasteiger partial charge in [0.05, 0.1) is 0 Å². The molecule has 0 saturated heterocycles. The van der Waals surface area contributed by atoms with Crippen LogP contribution in [0, 0.1) is 27.7 Å². The Bertz CT molecular complexity index is 1680. The van der Waals surface area contributed by atoms with Crippen molar-refractivity contribution >= 4 is 0 Å². The molecule has 6 rings (SSSR count). The molecule has 0 spiro atoms. The molecule has 0 aromatic heterocycles. The topological polar surface area (TPSA) is 36.9 Å². The summed E-state index contributed by atoms with van der Waals surface area (Å²) in [5.74, 6) is 6.50. The predicted octanol–water partition coefficient (Wildman–Crippen LogP) is 11.8. The Morgan fingerprint density at radius 2 is 0.568 bits per heavy atom. The summed E-state index contributed by atoms with van der Waals surface area (Å²) in [7, 11) is 0. The van der Waals surface area contributed by atoms with Crippen LogP contribution >= 0.6 is 0 Å². The molecule has 0 saturated carbocycles. The molecule has 0 radical (unpaired) electrons. The Labute approximate surface area is 260 Å². The highest BCUT2D eigenvalue weighted by atomic mass is 16.5. The number of aryl methyl sites for hydroxylation is 4. The first kappa shape index (κ1) is 30.0. The normalized spacial score (nSPS) is 10.3. The van der Waals surface area contributed by atoms with Gasteiger partial charge in [-0.2, -0.15) is 0 Å². The molecule has 4 nitrogen and oxygen atoms in total. The van der Waals surface area contributed by atoms with Gasteiger partial charge in [0.25, 0.3) is 0 Å². The van der Waals surface area contributed by atoms with Gasteiger partial charge in [-0.05, 0) is 136 Å². The third-order valence-electron chi connectivity index (χ3n) is 6.85. The maximum atomic E-state index is 5.86. The van der Waals surface area contributed by atoms with E-state index in [1.54, 1.807) is 0 Å². The zero-order chi connectivity index (χ0) is 30.7. The van der Waals surface area contributed by atoms with E-state index in [1.807, 2.05) is 140 Å². The summed E-state index contributed by atoms with van der Waals surface area (Å²) in [4.78, 5) is 0. The molecule has 44 heavy (non-hydrogen) atoms. The van der Waals surface area contributed by atoms with Crippen molar-refractivity contribution in [2.24, 2.45) is 0 Å². The fourth-order valence-electron chi connectivity index (χ4n) is 4.17. The lowest BCUT2D eigenvalue weighted by molar-refractivity contribution is 0.469. The van der Waals surface area contributed by atoms with Gasteiger partial charge in [0.2, 0.25) is 0 Å². The Morgan fingerprint density at radius 1 is 0.273 bits per heavy atom. The number of hydrogen-bond acceptors (Lipinski definition) is 4. The standard InChI is InChI=1S/2C20H18O2/c1-15-3-7-17(8-4-15)21-19-11-13-20(14-12-19)22-18-9-5-16(2)6-10-18;1-15-8-9-20(14-16(15)2)22-19-12-10-18(11-13-19)21-17-6-4-3-5-7-17/h2*3-14H,1-2H3. The van der Waals surface area contributed by atoms with Crippen LogP contribution in [0.4, 0.5) is 0 Å². The van der Waals surface area contributed by atoms with Crippen LogP contribution in [0.15, 0.2) is 146 Å². The number of benzene rings is 6. The van der Waals surface area contributed by atoms with Gasteiger partial charge >= 0.3 is 0 Å². The van der Waals surface area contributed by atoms with Crippen molar-refractivity contribution < 1.29 is 18.9 Å². The molecule has 0 atom stereocenters. The first-order valence-corrected chi connectivity index (χ1v) is 14.6. The average Bonchev–Trinajstić information content (AvgIpc) is 3.04. The van der Waals surface area contributed by atoms with Crippen molar-refractivity contribution in [2.45, 2.75) is 27.7 Å². The van der Waals surface area contributed by atoms with Gasteiger partial charge in [0, 0.05) is 0 Å². The van der Waals surface area contributed by atoms with Gasteiger partial charge < -0.3 is 18.9 Å². The van der Waals surface area contributed by atoms with Crippen LogP contribution in [0.3, 0.4) is 0 Å². The van der Waals surface area contributed by atoms with E-state index in [9.17, 15) is 0 Å². The molecule has 0 N–H and O–H groups in total. The van der Waals surface area contributed by atoms with E-state index < -0.39 is 0 Å². The number of hydrogen-bond donors (Lipinski definition) is 0. The molecule has 0 heterocycles. The van der Waals surface area contributed by atoms with Gasteiger partial charge in [-0.25, -0.2) is 0 Å². The van der Waals surface area contributed by atoms with Crippen molar-refractivity contribution in [3.05, 3.63) is 168 Å². The van der Waals surface area contributed by atoms with E-state index in [1.165, 1.54) is 22.3 Å². The summed E-state index contributed by atoms with van der Waals surface area (Å²) in [5, 5.41) is 0. The largest absolute Gasteiger partial charge is 0.457 e. The Kier molecular flexibility index (Phi) is 9.96. The van der Waals surface area contributed by atoms with E-state index in [4.69, 9.17) is 18.9 Å². The lowest BCUT2D eigenvalue weighted by Gasteiger charge is -2.09. The first-order chi connectivity index (χ1) is 21.4. The third-order valence-corrected chi connectivity index (χ3v) is 6.85. The molecule has 0 amide bonds. The highest BCUT2D eigenvalue weighted by Crippen LogP contribution is 2.29. The summed E-state index contributed by atoms with van der Waals surface area (Å²) < 4.78 is 23.2. The minimum Gasteiger partial charge on any atom is -0.457 e. The monoisotopic (exact) mass is 580 g/mol. The highest BCUT2D eigenvalue weighted by Gasteiger charge is 2.03. The molecule has 0 fully saturated rings. The van der Waals surface area contributed by atoms with Gasteiger partial charge in [-0.15, -0.1) is 0 Å². The summed E-state index contributed by atoms with van der Waals surface area (Å²) in [6, 6.07) is 47.1. The van der Waals surface area contributed by atoms with E-state index in [2.05, 4.69) is 33.8 Å². The number of rotatable bonds is 8. The number of para-hydroxylation sites is 1. The van der Waals surface area contributed by atoms with Gasteiger partial charge in [-0.1, -0.05) is 59.7 Å². The van der Waals surface area contributed by atoms with Crippen LogP contribution in [0.2, 0.25) is 0 Å². The van der Waals surface area contributed by atoms with E-state index in [0.29, 0.717) is 0 Å². The first-order valence-electron chi connectivity index (χ1n) is 14.6. The Balaban J connectivity index is 0.000000175. The SMILES string of the molecule is Cc1ccc(Oc2ccc(Oc3ccc(C)cc3)cc2)cc1.Cc1ccc(Oc2ccc(Oc3ccccc3)cc2)cc1C. The highest BCUT2D eigenvalue weighted by molar-refractivity contribution is 5.41. The molecule has 4 heteroatoms. The van der Waals surface area contributed by atoms with Crippen LogP contribution in [0.1, 0.15) is 22.3 Å². The zero-order valence-corrected chi connectivity index (χ0v) is 25.5. The van der Waals surface area contributed by atoms with Crippen molar-refractivity contribution in [1.29, 1.82) is 0 Å². The molecule has 0 aliphatic carbocycles. The van der Waals surface area contributed by atoms with Crippen molar-refractivity contribution in [1.82, 2.24) is 0 Å². The van der Waals surface area contributed by atoms with Crippen molar-refractivity contribution in [2.75, 3.05) is 0 Å². The number of ether oxygens (including phenoxy) is 4. The minimum absolute atomic E-state index is 0.790. The molecule has 220 valence electrons. The molecular formula is C40H36O4. The smallest absolute Gasteiger partial charge is 0.127 e. The summed E-state index contributed by atoms with van der Waals surface area (Å²) >= 11 is 0. The lowest BCUT2D eigenvalue weighted by Crippen LogP contribution is -1.88. The van der Waals surface area contributed by atoms with Crippen LogP contribution in [-0.4, -0.2) is 0 Å². The molecule has 6 aromatic carbocycles. The maximum absolute atomic E-state index is 5.86. The second-order valence-corrected chi connectivity index (χ2v) is 10.5. The van der Waals surface area contributed by atoms with Crippen LogP contribution in [0.5, 0.6) is 46.0 Å². The van der Waals surface area contributed by atoms with Crippen molar-refractivity contribution in [3.63, 3.8) is 0 Å². The summed E-state index contributed by atoms with van der Waals surface area (Å²) in [6.07, 6.45) is 0.